The van der Waals surface area contributed by atoms with E-state index in [4.69, 9.17) is 10.6 Å². The van der Waals surface area contributed by atoms with Crippen LogP contribution in [0.25, 0.3) is 0 Å². The number of ether oxygens (including phenoxy) is 1. The van der Waals surface area contributed by atoms with Crippen LogP contribution in [0.2, 0.25) is 0 Å². The van der Waals surface area contributed by atoms with Crippen molar-refractivity contribution in [3.8, 4) is 0 Å². The van der Waals surface area contributed by atoms with Crippen molar-refractivity contribution in [1.82, 2.24) is 5.32 Å². The molecule has 10 heteroatoms. The van der Waals surface area contributed by atoms with Gasteiger partial charge in [-0.05, 0) is 30.0 Å². The topological polar surface area (TPSA) is 147 Å². The third-order valence-corrected chi connectivity index (χ3v) is 7.51. The molecule has 0 unspecified atom stereocenters. The molecule has 4 rings (SSSR count). The summed E-state index contributed by atoms with van der Waals surface area (Å²) in [6, 6.07) is 24.5. The largest absolute Gasteiger partial charge is 0.461 e. The van der Waals surface area contributed by atoms with Crippen molar-refractivity contribution in [3.05, 3.63) is 101 Å². The molecule has 0 bridgehead atoms. The molecule has 0 saturated heterocycles. The van der Waals surface area contributed by atoms with Gasteiger partial charge in [0.2, 0.25) is 11.8 Å². The Balaban J connectivity index is 1.26. The minimum absolute atomic E-state index is 0.0361. The van der Waals surface area contributed by atoms with E-state index in [1.54, 1.807) is 4.90 Å². The number of fused-ring (bicyclic) bond motifs is 2. The van der Waals surface area contributed by atoms with Gasteiger partial charge in [-0.3, -0.25) is 19.4 Å². The summed E-state index contributed by atoms with van der Waals surface area (Å²) in [7, 11) is 0. The lowest BCUT2D eigenvalue weighted by Gasteiger charge is -2.30. The molecule has 1 heterocycles. The van der Waals surface area contributed by atoms with Crippen molar-refractivity contribution < 1.29 is 24.2 Å². The van der Waals surface area contributed by atoms with Crippen LogP contribution < -0.4 is 16.1 Å². The number of rotatable bonds is 14. The first-order valence-corrected chi connectivity index (χ1v) is 15.4. The van der Waals surface area contributed by atoms with Crippen LogP contribution in [-0.2, 0) is 32.3 Å². The summed E-state index contributed by atoms with van der Waals surface area (Å²) in [4.78, 5) is 44.4. The summed E-state index contributed by atoms with van der Waals surface area (Å²) in [6.45, 7) is 1.08. The Labute approximate surface area is 264 Å². The highest BCUT2D eigenvalue weighted by atomic mass is 16.5. The fraction of sp³-hybridized carbons (Fsp3) is 0.343. The van der Waals surface area contributed by atoms with E-state index >= 15 is 0 Å². The first kappa shape index (κ1) is 33.1. The highest BCUT2D eigenvalue weighted by Gasteiger charge is 2.28. The lowest BCUT2D eigenvalue weighted by Crippen LogP contribution is -2.36. The molecule has 0 aliphatic carbocycles. The summed E-state index contributed by atoms with van der Waals surface area (Å²) in [5.41, 5.74) is 4.86. The molecule has 0 fully saturated rings. The lowest BCUT2D eigenvalue weighted by atomic mass is 9.91. The van der Waals surface area contributed by atoms with E-state index < -0.39 is 0 Å². The second kappa shape index (κ2) is 17.5. The Hall–Kier alpha value is -4.83. The predicted molar refractivity (Wildman–Crippen MR) is 175 cm³/mol. The van der Waals surface area contributed by atoms with E-state index in [-0.39, 0.29) is 56.9 Å². The Kier molecular flexibility index (Phi) is 12.8. The van der Waals surface area contributed by atoms with Crippen molar-refractivity contribution in [2.45, 2.75) is 58.1 Å². The number of aliphatic hydroxyl groups is 1. The minimum Gasteiger partial charge on any atom is -0.461 e. The number of para-hydroxylation sites is 1. The van der Waals surface area contributed by atoms with Crippen LogP contribution >= 0.6 is 0 Å². The van der Waals surface area contributed by atoms with Crippen molar-refractivity contribution in [2.75, 3.05) is 24.6 Å². The molecule has 1 aliphatic heterocycles. The third-order valence-electron chi connectivity index (χ3n) is 7.51. The van der Waals surface area contributed by atoms with E-state index in [1.165, 1.54) is 0 Å². The molecule has 10 nitrogen and oxygen atoms in total. The number of hydrogen-bond donors (Lipinski definition) is 3. The first-order chi connectivity index (χ1) is 22.0. The summed E-state index contributed by atoms with van der Waals surface area (Å²) < 4.78 is 5.31. The number of unbranched alkanes of at least 4 members (excludes halogenated alkanes) is 3. The molecule has 1 aliphatic rings. The maximum absolute atomic E-state index is 13.6. The fourth-order valence-corrected chi connectivity index (χ4v) is 5.21. The molecule has 0 spiro atoms. The van der Waals surface area contributed by atoms with Gasteiger partial charge in [0.05, 0.1) is 31.1 Å². The molecular formula is C35H41N5O5. The van der Waals surface area contributed by atoms with Crippen molar-refractivity contribution in [1.29, 1.82) is 0 Å². The van der Waals surface area contributed by atoms with Gasteiger partial charge in [-0.15, -0.1) is 0 Å². The van der Waals surface area contributed by atoms with Gasteiger partial charge in [0.25, 0.3) is 0 Å². The smallest absolute Gasteiger partial charge is 0.306 e. The molecule has 0 atom stereocenters. The zero-order valence-electron chi connectivity index (χ0n) is 25.5. The van der Waals surface area contributed by atoms with Crippen molar-refractivity contribution >= 4 is 34.9 Å². The zero-order chi connectivity index (χ0) is 31.9. The molecule has 3 aromatic carbocycles. The van der Waals surface area contributed by atoms with Crippen LogP contribution in [0.5, 0.6) is 0 Å². The number of amides is 2. The van der Waals surface area contributed by atoms with Crippen LogP contribution in [0.15, 0.2) is 89.0 Å². The monoisotopic (exact) mass is 611 g/mol. The van der Waals surface area contributed by atoms with Crippen molar-refractivity contribution in [2.24, 2.45) is 15.9 Å². The Morgan fingerprint density at radius 1 is 0.822 bits per heavy atom. The van der Waals surface area contributed by atoms with E-state index in [0.29, 0.717) is 35.6 Å². The van der Waals surface area contributed by atoms with Gasteiger partial charge in [0.15, 0.2) is 0 Å². The van der Waals surface area contributed by atoms with E-state index in [0.717, 1.165) is 42.4 Å². The summed E-state index contributed by atoms with van der Waals surface area (Å²) in [6.07, 6.45) is 3.74. The Bertz CT molecular complexity index is 1510. The van der Waals surface area contributed by atoms with E-state index in [2.05, 4.69) is 15.4 Å². The highest BCUT2D eigenvalue weighted by molar-refractivity contribution is 6.54. The quantitative estimate of drug-likeness (QED) is 0.107. The average molecular weight is 612 g/mol. The summed E-state index contributed by atoms with van der Waals surface area (Å²) >= 11 is 0. The van der Waals surface area contributed by atoms with Crippen LogP contribution in [-0.4, -0.2) is 54.0 Å². The fourth-order valence-electron chi connectivity index (χ4n) is 5.21. The molecule has 236 valence electrons. The number of aliphatic hydroxyl groups excluding tert-OH is 1. The number of aliphatic imine (C=N–C) groups is 1. The molecule has 4 N–H and O–H groups in total. The SMILES string of the molecule is NN=C1C(=NCCO)c2ccccc2N(C(=O)CCC(=O)NCCCCCCC(=O)OCc2ccccc2)Cc2ccccc21. The number of carbonyl (C=O) groups excluding carboxylic acids is 3. The summed E-state index contributed by atoms with van der Waals surface area (Å²) in [5.74, 6) is 5.27. The number of hydrazone groups is 1. The number of hydrogen-bond acceptors (Lipinski definition) is 8. The van der Waals surface area contributed by atoms with Gasteiger partial charge in [0.1, 0.15) is 12.3 Å². The molecule has 0 aromatic heterocycles. The van der Waals surface area contributed by atoms with Crippen LogP contribution in [0, 0.1) is 0 Å². The second-order valence-electron chi connectivity index (χ2n) is 10.7. The van der Waals surface area contributed by atoms with Gasteiger partial charge in [-0.25, -0.2) is 0 Å². The Morgan fingerprint density at radius 3 is 2.31 bits per heavy atom. The maximum atomic E-state index is 13.6. The lowest BCUT2D eigenvalue weighted by molar-refractivity contribution is -0.145. The number of nitrogens with one attached hydrogen (secondary N) is 1. The van der Waals surface area contributed by atoms with Gasteiger partial charge >= 0.3 is 5.97 Å². The molecule has 0 saturated carbocycles. The van der Waals surface area contributed by atoms with E-state index in [1.807, 2.05) is 78.9 Å². The normalized spacial score (nSPS) is 14.3. The van der Waals surface area contributed by atoms with Crippen molar-refractivity contribution in [3.63, 3.8) is 0 Å². The first-order valence-electron chi connectivity index (χ1n) is 15.4. The molecule has 45 heavy (non-hydrogen) atoms. The second-order valence-corrected chi connectivity index (χ2v) is 10.7. The predicted octanol–water partition coefficient (Wildman–Crippen LogP) is 4.27. The minimum atomic E-state index is -0.204. The maximum Gasteiger partial charge on any atom is 0.306 e. The number of nitrogens with zero attached hydrogens (tertiary/aromatic N) is 3. The standard InChI is InChI=1S/C35H41N5O5/c36-39-35-28-15-8-7-14-27(28)24-40(30-17-10-9-16-29(30)34(35)38-22-23-41)32(43)20-19-31(42)37-21-11-2-1-6-18-33(44)45-25-26-12-4-3-5-13-26/h3-5,7-10,12-17,41H,1-2,6,11,18-25,36H2,(H,37,42). The Morgan fingerprint density at radius 2 is 1.53 bits per heavy atom. The van der Waals surface area contributed by atoms with Gasteiger partial charge in [0, 0.05) is 36.9 Å². The van der Waals surface area contributed by atoms with Crippen LogP contribution in [0.1, 0.15) is 67.2 Å². The highest BCUT2D eigenvalue weighted by Crippen LogP contribution is 2.30. The van der Waals surface area contributed by atoms with E-state index in [9.17, 15) is 19.5 Å². The number of benzene rings is 3. The number of nitrogens with two attached hydrogens (primary N) is 1. The summed E-state index contributed by atoms with van der Waals surface area (Å²) in [5, 5.41) is 16.4. The van der Waals surface area contributed by atoms with Crippen LogP contribution in [0.4, 0.5) is 5.69 Å². The molecular weight excluding hydrogens is 570 g/mol. The van der Waals surface area contributed by atoms with Gasteiger partial charge in [-0.1, -0.05) is 85.6 Å². The van der Waals surface area contributed by atoms with Gasteiger partial charge in [-0.2, -0.15) is 5.10 Å². The van der Waals surface area contributed by atoms with Gasteiger partial charge < -0.3 is 25.9 Å². The molecule has 2 amide bonds. The number of esters is 1. The number of anilines is 1. The third kappa shape index (κ3) is 9.58. The number of carbonyl (C=O) groups is 3. The van der Waals surface area contributed by atoms with Crippen LogP contribution in [0.3, 0.4) is 0 Å². The molecule has 3 aromatic rings. The average Bonchev–Trinajstić information content (AvgIpc) is 3.06. The zero-order valence-corrected chi connectivity index (χ0v) is 25.5. The molecule has 0 radical (unpaired) electrons.